The minimum absolute atomic E-state index is 0.369. The second-order valence-electron chi connectivity index (χ2n) is 4.15. The molecule has 1 aliphatic heterocycles. The summed E-state index contributed by atoms with van der Waals surface area (Å²) >= 11 is 0. The lowest BCUT2D eigenvalue weighted by atomic mass is 9.94. The lowest BCUT2D eigenvalue weighted by Gasteiger charge is -2.11. The number of anilines is 1. The van der Waals surface area contributed by atoms with Crippen molar-refractivity contribution in [2.45, 2.75) is 5.92 Å². The van der Waals surface area contributed by atoms with E-state index in [0.29, 0.717) is 5.92 Å². The van der Waals surface area contributed by atoms with Gasteiger partial charge in [-0.3, -0.25) is 0 Å². The summed E-state index contributed by atoms with van der Waals surface area (Å²) in [6.45, 7) is 0.902. The van der Waals surface area contributed by atoms with Gasteiger partial charge in [0.05, 0.1) is 7.11 Å². The highest BCUT2D eigenvalue weighted by atomic mass is 16.5. The van der Waals surface area contributed by atoms with Gasteiger partial charge in [-0.05, 0) is 23.8 Å². The molecular weight excluding hydrogens is 212 g/mol. The van der Waals surface area contributed by atoms with Gasteiger partial charge in [0.15, 0.2) is 0 Å². The zero-order valence-corrected chi connectivity index (χ0v) is 9.68. The largest absolute Gasteiger partial charge is 0.497 e. The van der Waals surface area contributed by atoms with Gasteiger partial charge < -0.3 is 10.1 Å². The van der Waals surface area contributed by atoms with E-state index >= 15 is 0 Å². The van der Waals surface area contributed by atoms with E-state index < -0.39 is 0 Å². The molecule has 1 aliphatic rings. The average molecular weight is 226 g/mol. The standard InChI is InChI=1S/C14H14N2O/c1-17-11-5-2-4-10(8-11)13-9-16-14-12(13)6-3-7-15-14/h2-8,13H,9H2,1H3,(H,15,16). The maximum Gasteiger partial charge on any atom is 0.129 e. The quantitative estimate of drug-likeness (QED) is 0.854. The highest BCUT2D eigenvalue weighted by Gasteiger charge is 2.24. The molecular formula is C14H14N2O. The lowest BCUT2D eigenvalue weighted by molar-refractivity contribution is 0.414. The molecule has 86 valence electrons. The molecule has 3 nitrogen and oxygen atoms in total. The van der Waals surface area contributed by atoms with Crippen LogP contribution in [-0.2, 0) is 0 Å². The second kappa shape index (κ2) is 4.09. The van der Waals surface area contributed by atoms with Gasteiger partial charge in [0.25, 0.3) is 0 Å². The highest BCUT2D eigenvalue weighted by molar-refractivity contribution is 5.56. The van der Waals surface area contributed by atoms with Crippen LogP contribution in [0.2, 0.25) is 0 Å². The van der Waals surface area contributed by atoms with Gasteiger partial charge >= 0.3 is 0 Å². The fourth-order valence-corrected chi connectivity index (χ4v) is 2.31. The second-order valence-corrected chi connectivity index (χ2v) is 4.15. The average Bonchev–Trinajstić information content (AvgIpc) is 2.82. The van der Waals surface area contributed by atoms with Crippen LogP contribution in [0.4, 0.5) is 5.82 Å². The summed E-state index contributed by atoms with van der Waals surface area (Å²) in [7, 11) is 1.70. The molecule has 0 saturated heterocycles. The number of nitrogens with zero attached hydrogens (tertiary/aromatic N) is 1. The number of aromatic nitrogens is 1. The molecule has 3 rings (SSSR count). The zero-order valence-electron chi connectivity index (χ0n) is 9.68. The molecule has 1 N–H and O–H groups in total. The summed E-state index contributed by atoms with van der Waals surface area (Å²) in [6.07, 6.45) is 1.82. The molecule has 1 aromatic heterocycles. The van der Waals surface area contributed by atoms with Crippen LogP contribution in [0.25, 0.3) is 0 Å². The van der Waals surface area contributed by atoms with Gasteiger partial charge in [-0.2, -0.15) is 0 Å². The van der Waals surface area contributed by atoms with Crippen LogP contribution in [0.3, 0.4) is 0 Å². The van der Waals surface area contributed by atoms with Crippen molar-refractivity contribution in [3.63, 3.8) is 0 Å². The van der Waals surface area contributed by atoms with E-state index in [0.717, 1.165) is 18.1 Å². The molecule has 1 aromatic carbocycles. The van der Waals surface area contributed by atoms with Gasteiger partial charge in [-0.1, -0.05) is 18.2 Å². The maximum absolute atomic E-state index is 5.27. The minimum Gasteiger partial charge on any atom is -0.497 e. The van der Waals surface area contributed by atoms with Gasteiger partial charge in [0.2, 0.25) is 0 Å². The fraction of sp³-hybridized carbons (Fsp3) is 0.214. The number of nitrogens with one attached hydrogen (secondary N) is 1. The number of pyridine rings is 1. The third-order valence-electron chi connectivity index (χ3n) is 3.18. The van der Waals surface area contributed by atoms with Crippen LogP contribution in [0.1, 0.15) is 17.0 Å². The van der Waals surface area contributed by atoms with Crippen LogP contribution < -0.4 is 10.1 Å². The Morgan fingerprint density at radius 2 is 2.24 bits per heavy atom. The smallest absolute Gasteiger partial charge is 0.129 e. The summed E-state index contributed by atoms with van der Waals surface area (Å²) in [5.41, 5.74) is 2.53. The van der Waals surface area contributed by atoms with E-state index in [1.165, 1.54) is 11.1 Å². The van der Waals surface area contributed by atoms with E-state index in [-0.39, 0.29) is 0 Å². The molecule has 2 aromatic rings. The van der Waals surface area contributed by atoms with Gasteiger partial charge in [-0.25, -0.2) is 4.98 Å². The normalized spacial score (nSPS) is 17.4. The number of ether oxygens (including phenoxy) is 1. The first-order valence-electron chi connectivity index (χ1n) is 5.71. The number of methoxy groups -OCH3 is 1. The van der Waals surface area contributed by atoms with Crippen molar-refractivity contribution >= 4 is 5.82 Å². The minimum atomic E-state index is 0.369. The molecule has 1 atom stereocenters. The molecule has 2 heterocycles. The molecule has 0 fully saturated rings. The summed E-state index contributed by atoms with van der Waals surface area (Å²) in [5, 5.41) is 3.33. The first-order valence-corrected chi connectivity index (χ1v) is 5.71. The van der Waals surface area contributed by atoms with Crippen molar-refractivity contribution in [3.8, 4) is 5.75 Å². The van der Waals surface area contributed by atoms with E-state index in [4.69, 9.17) is 4.74 Å². The Balaban J connectivity index is 2.01. The first kappa shape index (κ1) is 10.1. The Morgan fingerprint density at radius 1 is 1.29 bits per heavy atom. The molecule has 0 aliphatic carbocycles. The number of benzene rings is 1. The summed E-state index contributed by atoms with van der Waals surface area (Å²) in [6, 6.07) is 12.3. The number of rotatable bonds is 2. The van der Waals surface area contributed by atoms with Crippen LogP contribution in [0.5, 0.6) is 5.75 Å². The van der Waals surface area contributed by atoms with Crippen molar-refractivity contribution in [2.24, 2.45) is 0 Å². The van der Waals surface area contributed by atoms with Crippen LogP contribution >= 0.6 is 0 Å². The van der Waals surface area contributed by atoms with Crippen molar-refractivity contribution in [1.29, 1.82) is 0 Å². The Kier molecular flexibility index (Phi) is 2.44. The Labute approximate surface area is 100 Å². The lowest BCUT2D eigenvalue weighted by Crippen LogP contribution is -2.03. The molecule has 0 saturated carbocycles. The van der Waals surface area contributed by atoms with Crippen molar-refractivity contribution < 1.29 is 4.74 Å². The summed E-state index contributed by atoms with van der Waals surface area (Å²) < 4.78 is 5.27. The number of fused-ring (bicyclic) bond motifs is 1. The summed E-state index contributed by atoms with van der Waals surface area (Å²) in [5.74, 6) is 2.27. The molecule has 0 bridgehead atoms. The van der Waals surface area contributed by atoms with Gasteiger partial charge in [0.1, 0.15) is 11.6 Å². The topological polar surface area (TPSA) is 34.1 Å². The molecule has 0 spiro atoms. The van der Waals surface area contributed by atoms with E-state index in [1.807, 2.05) is 24.4 Å². The monoisotopic (exact) mass is 226 g/mol. The highest BCUT2D eigenvalue weighted by Crippen LogP contribution is 2.35. The molecule has 17 heavy (non-hydrogen) atoms. The van der Waals surface area contributed by atoms with Crippen LogP contribution in [-0.4, -0.2) is 18.6 Å². The van der Waals surface area contributed by atoms with Crippen LogP contribution in [0, 0.1) is 0 Å². The van der Waals surface area contributed by atoms with E-state index in [9.17, 15) is 0 Å². The van der Waals surface area contributed by atoms with E-state index in [1.54, 1.807) is 7.11 Å². The SMILES string of the molecule is COc1cccc(C2CNc3ncccc32)c1. The van der Waals surface area contributed by atoms with Crippen molar-refractivity contribution in [2.75, 3.05) is 19.0 Å². The predicted octanol–water partition coefficient (Wildman–Crippen LogP) is 2.65. The molecule has 3 heteroatoms. The Bertz CT molecular complexity index is 539. The third kappa shape index (κ3) is 1.73. The van der Waals surface area contributed by atoms with Crippen molar-refractivity contribution in [1.82, 2.24) is 4.98 Å². The Morgan fingerprint density at radius 3 is 3.12 bits per heavy atom. The predicted molar refractivity (Wildman–Crippen MR) is 67.6 cm³/mol. The first-order chi connectivity index (χ1) is 8.38. The van der Waals surface area contributed by atoms with Crippen molar-refractivity contribution in [3.05, 3.63) is 53.7 Å². The molecule has 0 radical (unpaired) electrons. The third-order valence-corrected chi connectivity index (χ3v) is 3.18. The molecule has 1 unspecified atom stereocenters. The Hall–Kier alpha value is -2.03. The molecule has 0 amide bonds. The fourth-order valence-electron chi connectivity index (χ4n) is 2.31. The maximum atomic E-state index is 5.27. The number of hydrogen-bond acceptors (Lipinski definition) is 3. The van der Waals surface area contributed by atoms with Gasteiger partial charge in [-0.15, -0.1) is 0 Å². The van der Waals surface area contributed by atoms with Gasteiger partial charge in [0, 0.05) is 24.2 Å². The summed E-state index contributed by atoms with van der Waals surface area (Å²) in [4.78, 5) is 4.34. The van der Waals surface area contributed by atoms with E-state index in [2.05, 4.69) is 28.5 Å². The zero-order chi connectivity index (χ0) is 11.7. The van der Waals surface area contributed by atoms with Crippen LogP contribution in [0.15, 0.2) is 42.6 Å². The number of hydrogen-bond donors (Lipinski definition) is 1.